The van der Waals surface area contributed by atoms with Gasteiger partial charge < -0.3 is 10.2 Å². The van der Waals surface area contributed by atoms with Crippen LogP contribution in [0.1, 0.15) is 32.3 Å². The summed E-state index contributed by atoms with van der Waals surface area (Å²) in [6, 6.07) is 5.61. The molecule has 0 radical (unpaired) electrons. The molecule has 0 amide bonds. The summed E-state index contributed by atoms with van der Waals surface area (Å²) in [5.41, 5.74) is 2.02. The number of piperidine rings is 1. The molecule has 21 heavy (non-hydrogen) atoms. The van der Waals surface area contributed by atoms with Gasteiger partial charge in [0.25, 0.3) is 5.69 Å². The van der Waals surface area contributed by atoms with Gasteiger partial charge in [-0.1, -0.05) is 6.07 Å². The van der Waals surface area contributed by atoms with Crippen LogP contribution < -0.4 is 10.2 Å². The van der Waals surface area contributed by atoms with Crippen LogP contribution in [0.3, 0.4) is 0 Å². The lowest BCUT2D eigenvalue weighted by Crippen LogP contribution is -2.41. The van der Waals surface area contributed by atoms with E-state index in [2.05, 4.69) is 24.1 Å². The zero-order chi connectivity index (χ0) is 15.4. The highest BCUT2D eigenvalue weighted by Crippen LogP contribution is 2.31. The molecule has 0 saturated carbocycles. The van der Waals surface area contributed by atoms with E-state index in [1.165, 1.54) is 12.8 Å². The molecule has 1 aromatic rings. The smallest absolute Gasteiger partial charge is 0.292 e. The molecule has 5 heteroatoms. The molecule has 1 N–H and O–H groups in total. The summed E-state index contributed by atoms with van der Waals surface area (Å²) < 4.78 is 0. The summed E-state index contributed by atoms with van der Waals surface area (Å²) in [5, 5.41) is 14.7. The van der Waals surface area contributed by atoms with Crippen molar-refractivity contribution in [3.63, 3.8) is 0 Å². The Labute approximate surface area is 126 Å². The third-order valence-corrected chi connectivity index (χ3v) is 4.11. The number of nitro benzene ring substituents is 1. The highest BCUT2D eigenvalue weighted by Gasteiger charge is 2.25. The van der Waals surface area contributed by atoms with Crippen molar-refractivity contribution in [3.8, 4) is 0 Å². The Morgan fingerprint density at radius 3 is 2.81 bits per heavy atom. The number of aryl methyl sites for hydroxylation is 1. The van der Waals surface area contributed by atoms with E-state index in [-0.39, 0.29) is 16.7 Å². The van der Waals surface area contributed by atoms with Gasteiger partial charge in [0, 0.05) is 18.7 Å². The van der Waals surface area contributed by atoms with Crippen molar-refractivity contribution in [2.45, 2.75) is 39.7 Å². The number of nitro groups is 1. The molecule has 0 aromatic heterocycles. The molecule has 5 nitrogen and oxygen atoms in total. The molecule has 0 bridgehead atoms. The minimum absolute atomic E-state index is 0.207. The van der Waals surface area contributed by atoms with Gasteiger partial charge in [-0.15, -0.1) is 0 Å². The maximum absolute atomic E-state index is 11.3. The second-order valence-corrected chi connectivity index (χ2v) is 6.21. The van der Waals surface area contributed by atoms with Gasteiger partial charge >= 0.3 is 0 Å². The monoisotopic (exact) mass is 291 g/mol. The van der Waals surface area contributed by atoms with E-state index in [9.17, 15) is 10.1 Å². The van der Waals surface area contributed by atoms with Crippen molar-refractivity contribution in [2.75, 3.05) is 24.5 Å². The fraction of sp³-hybridized carbons (Fsp3) is 0.625. The summed E-state index contributed by atoms with van der Waals surface area (Å²) >= 11 is 0. The van der Waals surface area contributed by atoms with E-state index < -0.39 is 0 Å². The van der Waals surface area contributed by atoms with E-state index in [4.69, 9.17) is 0 Å². The molecule has 1 heterocycles. The van der Waals surface area contributed by atoms with Crippen LogP contribution in [0.4, 0.5) is 11.4 Å². The third-order valence-electron chi connectivity index (χ3n) is 4.11. The van der Waals surface area contributed by atoms with Crippen LogP contribution in [0.25, 0.3) is 0 Å². The van der Waals surface area contributed by atoms with E-state index in [0.717, 1.165) is 30.9 Å². The number of nitrogens with zero attached hydrogens (tertiary/aromatic N) is 2. The predicted molar refractivity (Wildman–Crippen MR) is 85.9 cm³/mol. The van der Waals surface area contributed by atoms with Gasteiger partial charge in [0.15, 0.2) is 0 Å². The lowest BCUT2D eigenvalue weighted by molar-refractivity contribution is -0.384. The van der Waals surface area contributed by atoms with Crippen molar-refractivity contribution in [1.82, 2.24) is 5.32 Å². The van der Waals surface area contributed by atoms with Gasteiger partial charge in [0.2, 0.25) is 0 Å². The van der Waals surface area contributed by atoms with Crippen molar-refractivity contribution >= 4 is 11.4 Å². The molecule has 1 fully saturated rings. The maximum Gasteiger partial charge on any atom is 0.292 e. The second-order valence-electron chi connectivity index (χ2n) is 6.21. The Morgan fingerprint density at radius 1 is 1.48 bits per heavy atom. The minimum atomic E-state index is -0.275. The van der Waals surface area contributed by atoms with Gasteiger partial charge in [0.05, 0.1) is 4.92 Å². The fourth-order valence-electron chi connectivity index (χ4n) is 2.96. The summed E-state index contributed by atoms with van der Waals surface area (Å²) in [4.78, 5) is 13.2. The first-order valence-electron chi connectivity index (χ1n) is 7.71. The lowest BCUT2D eigenvalue weighted by Gasteiger charge is -2.34. The Hall–Kier alpha value is -1.62. The van der Waals surface area contributed by atoms with E-state index in [1.807, 2.05) is 19.1 Å². The van der Waals surface area contributed by atoms with Gasteiger partial charge in [-0.3, -0.25) is 10.1 Å². The highest BCUT2D eigenvalue weighted by molar-refractivity contribution is 5.65. The van der Waals surface area contributed by atoms with E-state index in [1.54, 1.807) is 6.07 Å². The average molecular weight is 291 g/mol. The third kappa shape index (κ3) is 3.94. The first-order valence-corrected chi connectivity index (χ1v) is 7.71. The molecule has 1 unspecified atom stereocenters. The molecule has 1 aromatic carbocycles. The predicted octanol–water partition coefficient (Wildman–Crippen LogP) is 3.12. The van der Waals surface area contributed by atoms with Crippen molar-refractivity contribution in [3.05, 3.63) is 33.9 Å². The van der Waals surface area contributed by atoms with Crippen LogP contribution in [0.2, 0.25) is 0 Å². The van der Waals surface area contributed by atoms with Crippen molar-refractivity contribution in [1.29, 1.82) is 0 Å². The average Bonchev–Trinajstić information content (AvgIpc) is 2.45. The molecule has 2 rings (SSSR count). The molecule has 1 aliphatic heterocycles. The fourth-order valence-corrected chi connectivity index (χ4v) is 2.96. The number of nitrogens with one attached hydrogen (secondary N) is 1. The summed E-state index contributed by atoms with van der Waals surface area (Å²) in [6.07, 6.45) is 2.38. The van der Waals surface area contributed by atoms with Crippen LogP contribution >= 0.6 is 0 Å². The van der Waals surface area contributed by atoms with Gasteiger partial charge in [-0.05, 0) is 64.3 Å². The van der Waals surface area contributed by atoms with Crippen LogP contribution in [0.15, 0.2) is 18.2 Å². The zero-order valence-electron chi connectivity index (χ0n) is 13.1. The summed E-state index contributed by atoms with van der Waals surface area (Å²) in [6.45, 7) is 9.14. The van der Waals surface area contributed by atoms with Crippen LogP contribution in [0.5, 0.6) is 0 Å². The number of hydrogen-bond donors (Lipinski definition) is 1. The van der Waals surface area contributed by atoms with E-state index in [0.29, 0.717) is 5.92 Å². The Kier molecular flexibility index (Phi) is 5.17. The van der Waals surface area contributed by atoms with Crippen molar-refractivity contribution < 1.29 is 4.92 Å². The normalized spacial score (nSPS) is 18.8. The standard InChI is InChI=1S/C16H25N3O2/c1-12(2)18(11-14-5-4-8-17-10-14)16-9-13(3)6-7-15(16)19(20)21/h6-7,9,12,14,17H,4-5,8,10-11H2,1-3H3. The van der Waals surface area contributed by atoms with Crippen LogP contribution in [0, 0.1) is 23.0 Å². The molecule has 0 aliphatic carbocycles. The molecule has 1 atom stereocenters. The largest absolute Gasteiger partial charge is 0.363 e. The molecule has 1 saturated heterocycles. The van der Waals surface area contributed by atoms with Gasteiger partial charge in [-0.2, -0.15) is 0 Å². The first-order chi connectivity index (χ1) is 9.99. The van der Waals surface area contributed by atoms with Gasteiger partial charge in [0.1, 0.15) is 5.69 Å². The number of hydrogen-bond acceptors (Lipinski definition) is 4. The van der Waals surface area contributed by atoms with Gasteiger partial charge in [-0.25, -0.2) is 0 Å². The number of rotatable bonds is 5. The Morgan fingerprint density at radius 2 is 2.24 bits per heavy atom. The molecule has 116 valence electrons. The first kappa shape index (κ1) is 15.8. The van der Waals surface area contributed by atoms with Crippen LogP contribution in [-0.4, -0.2) is 30.6 Å². The Bertz CT molecular complexity index is 496. The maximum atomic E-state index is 11.3. The second kappa shape index (κ2) is 6.89. The lowest BCUT2D eigenvalue weighted by atomic mass is 9.98. The zero-order valence-corrected chi connectivity index (χ0v) is 13.1. The molecule has 0 spiro atoms. The quantitative estimate of drug-likeness (QED) is 0.669. The molecular formula is C16H25N3O2. The number of benzene rings is 1. The molecular weight excluding hydrogens is 266 g/mol. The SMILES string of the molecule is Cc1ccc([N+](=O)[O-])c(N(CC2CCCNC2)C(C)C)c1. The minimum Gasteiger partial charge on any atom is -0.363 e. The van der Waals surface area contributed by atoms with Crippen molar-refractivity contribution in [2.24, 2.45) is 5.92 Å². The Balaban J connectivity index is 2.28. The number of anilines is 1. The molecule has 1 aliphatic rings. The summed E-state index contributed by atoms with van der Waals surface area (Å²) in [5.74, 6) is 0.557. The van der Waals surface area contributed by atoms with E-state index >= 15 is 0 Å². The van der Waals surface area contributed by atoms with Crippen LogP contribution in [-0.2, 0) is 0 Å². The summed E-state index contributed by atoms with van der Waals surface area (Å²) in [7, 11) is 0. The topological polar surface area (TPSA) is 58.4 Å². The highest BCUT2D eigenvalue weighted by atomic mass is 16.6.